The summed E-state index contributed by atoms with van der Waals surface area (Å²) in [5.41, 5.74) is 17.6. The van der Waals surface area contributed by atoms with Crippen molar-refractivity contribution in [1.82, 2.24) is 74.4 Å². The van der Waals surface area contributed by atoms with Gasteiger partial charge >= 0.3 is 0 Å². The third-order valence-electron chi connectivity index (χ3n) is 25.7. The Morgan fingerprint density at radius 1 is 0.446 bits per heavy atom. The van der Waals surface area contributed by atoms with Gasteiger partial charge in [0.15, 0.2) is 17.3 Å². The number of piperazine rings is 2. The number of rotatable bonds is 23. The van der Waals surface area contributed by atoms with Crippen molar-refractivity contribution in [3.8, 4) is 0 Å². The Bertz CT molecular complexity index is 6510. The van der Waals surface area contributed by atoms with Gasteiger partial charge in [0.1, 0.15) is 41.0 Å². The van der Waals surface area contributed by atoms with E-state index in [4.69, 9.17) is 35.5 Å². The number of anilines is 10. The number of nitrogens with one attached hydrogen (secondary N) is 5. The molecule has 12 aromatic rings. The fraction of sp³-hybridized carbons (Fsp3) is 0.351. The summed E-state index contributed by atoms with van der Waals surface area (Å²) in [4.78, 5) is 153. The number of allylic oxidation sites excluding steroid dienone is 1. The van der Waals surface area contributed by atoms with Crippen LogP contribution in [0.15, 0.2) is 167 Å². The van der Waals surface area contributed by atoms with Crippen LogP contribution >= 0.6 is 0 Å². The first-order valence-electron chi connectivity index (χ1n) is 44.4. The van der Waals surface area contributed by atoms with Crippen LogP contribution < -0.4 is 63.2 Å². The van der Waals surface area contributed by atoms with Crippen LogP contribution in [0.5, 0.6) is 0 Å². The van der Waals surface area contributed by atoms with Crippen molar-refractivity contribution in [3.63, 3.8) is 0 Å². The molecule has 9 aromatic heterocycles. The van der Waals surface area contributed by atoms with Crippen molar-refractivity contribution < 1.29 is 39.5 Å². The molecule has 670 valence electrons. The minimum atomic E-state index is -0.561. The molecule has 12 heterocycles. The highest BCUT2D eigenvalue weighted by Crippen LogP contribution is 2.38. The Balaban J connectivity index is 0.000000143. The van der Waals surface area contributed by atoms with Gasteiger partial charge in [0.2, 0.25) is 17.8 Å². The van der Waals surface area contributed by atoms with Crippen LogP contribution in [0.2, 0.25) is 0 Å². The highest BCUT2D eigenvalue weighted by atomic mass is 16.5. The van der Waals surface area contributed by atoms with Crippen molar-refractivity contribution in [3.05, 3.63) is 251 Å². The van der Waals surface area contributed by atoms with Crippen molar-refractivity contribution in [2.24, 2.45) is 0 Å². The molecule has 2 amide bonds. The molecule has 0 atom stereocenters. The van der Waals surface area contributed by atoms with Crippen LogP contribution in [-0.2, 0) is 24.3 Å². The number of fused-ring (bicyclic) bond motifs is 4. The zero-order valence-corrected chi connectivity index (χ0v) is 73.8. The molecule has 130 heavy (non-hydrogen) atoms. The van der Waals surface area contributed by atoms with Gasteiger partial charge < -0.3 is 40.7 Å². The number of hydrogen-bond acceptors (Lipinski definition) is 28. The van der Waals surface area contributed by atoms with Gasteiger partial charge in [-0.05, 0) is 192 Å². The zero-order valence-electron chi connectivity index (χ0n) is 73.8. The van der Waals surface area contributed by atoms with E-state index in [-0.39, 0.29) is 63.3 Å². The summed E-state index contributed by atoms with van der Waals surface area (Å²) in [5.74, 6) is 1.10. The molecule has 3 saturated carbocycles. The summed E-state index contributed by atoms with van der Waals surface area (Å²) in [6.45, 7) is 22.9. The summed E-state index contributed by atoms with van der Waals surface area (Å²) >= 11 is 0. The first kappa shape index (κ1) is 89.3. The van der Waals surface area contributed by atoms with E-state index >= 15 is 0 Å². The number of ketones is 3. The molecular weight excluding hydrogens is 1650 g/mol. The predicted molar refractivity (Wildman–Crippen MR) is 501 cm³/mol. The number of aliphatic hydroxyl groups is 1. The number of carbonyl (C=O) groups is 5. The van der Waals surface area contributed by atoms with Crippen LogP contribution in [0.1, 0.15) is 202 Å². The number of aliphatic hydroxyl groups excluding tert-OH is 1. The van der Waals surface area contributed by atoms with E-state index in [1.807, 2.05) is 110 Å². The summed E-state index contributed by atoms with van der Waals surface area (Å²) < 4.78 is 5.29. The quantitative estimate of drug-likeness (QED) is 0.0128. The molecule has 3 aliphatic carbocycles. The fourth-order valence-electron chi connectivity index (χ4n) is 18.8. The third-order valence-corrected chi connectivity index (χ3v) is 25.7. The highest BCUT2D eigenvalue weighted by molar-refractivity contribution is 6.01. The smallest absolute Gasteiger partial charge is 0.274 e. The van der Waals surface area contributed by atoms with Gasteiger partial charge in [-0.2, -0.15) is 15.0 Å². The van der Waals surface area contributed by atoms with E-state index in [1.165, 1.54) is 19.9 Å². The van der Waals surface area contributed by atoms with E-state index in [2.05, 4.69) is 78.0 Å². The highest BCUT2D eigenvalue weighted by Gasteiger charge is 2.32. The lowest BCUT2D eigenvalue weighted by atomic mass is 10.0. The van der Waals surface area contributed by atoms with E-state index < -0.39 is 18.4 Å². The van der Waals surface area contributed by atoms with Crippen molar-refractivity contribution in [2.75, 3.05) is 101 Å². The number of amides is 2. The first-order valence-corrected chi connectivity index (χ1v) is 44.4. The lowest BCUT2D eigenvalue weighted by molar-refractivity contribution is -0.124. The molecule has 8 N–H and O–H groups in total. The monoisotopic (exact) mass is 1750 g/mol. The minimum absolute atomic E-state index is 0.0152. The molecule has 2 saturated heterocycles. The first-order chi connectivity index (χ1) is 63.0. The average Bonchev–Trinajstić information content (AvgIpc) is 1.12. The van der Waals surface area contributed by atoms with Crippen molar-refractivity contribution in [1.29, 1.82) is 0 Å². The zero-order chi connectivity index (χ0) is 91.0. The van der Waals surface area contributed by atoms with E-state index in [1.54, 1.807) is 82.9 Å². The number of carbonyl (C=O) groups excluding carboxylic acids is 5. The Labute approximate surface area is 750 Å². The second-order valence-electron chi connectivity index (χ2n) is 34.1. The standard InChI is InChI=1S/C34H38N8O3.C32H34N6O4.C31H34N8O4/c1-22(2)31-23(3)28-21-36-34(38-32(28)42(33(31)44)26-6-4-5-7-26)37-29-14-13-27(20-35-29)41-18-16-40(17-19-41)25-11-8-24(9-12-25)10-15-30(43)39-45;1-19-25-15-33-32(36-30(25)38(24-5-3-4-6-24)31(42)29(19)20(2)40)35-28-12-11-23-17-37(14-13-26(23)34-28)16-21-7-9-22(10-8-21)27(41)18-39;1-19-25-18-33-31(35-28(25)39(23-5-3-4-6-23)30(42)27(19)20(2)40)34-26-12-11-24(17-32-26)38-15-13-37(14-16-38)22-9-7-21(8-10-22)29(41)36-43/h8-15,20-21,26,45H,1,4-7,16-19H2,2-3H3,(H,39,43)(H,35,36,37,38);7-12,15,24,39H,3-6,13-14,16-18H2,1-2H3,(H,33,34,35,36);7-12,17-18,23,43H,3-6,13-16H2,1-2H3,(H,36,41)(H,32,33,34,35)/b15-10+;;. The number of nitrogens with zero attached hydrogens (tertiary/aromatic N) is 17. The minimum Gasteiger partial charge on any atom is -0.388 e. The van der Waals surface area contributed by atoms with Gasteiger partial charge in [-0.3, -0.25) is 67.4 Å². The molecule has 6 aliphatic rings. The SMILES string of the molecule is C=C(C)c1c(C)c2cnc(Nc3ccc(N4CCN(c5ccc(/C=C/C(=O)NO)cc5)CC4)cn3)nc2n(C2CCCC2)c1=O.CC(=O)c1c(C)c2cnc(Nc3ccc(N4CCN(c5ccc(C(=O)NO)cc5)CC4)cn3)nc2n(C2CCCC2)c1=O.CC(=O)c1c(C)c2cnc(Nc3ccc4c(n3)CCN(Cc3ccc(C(=O)CO)cc3)C4)nc2n(C2CCCC2)c1=O. The summed E-state index contributed by atoms with van der Waals surface area (Å²) in [5, 5.41) is 38.4. The van der Waals surface area contributed by atoms with E-state index in [0.717, 1.165) is 217 Å². The summed E-state index contributed by atoms with van der Waals surface area (Å²) in [6, 6.07) is 34.5. The Morgan fingerprint density at radius 3 is 1.24 bits per heavy atom. The predicted octanol–water partition coefficient (Wildman–Crippen LogP) is 13.5. The maximum absolute atomic E-state index is 13.6. The van der Waals surface area contributed by atoms with Gasteiger partial charge in [-0.15, -0.1) is 0 Å². The second kappa shape index (κ2) is 39.6. The molecule has 5 fully saturated rings. The molecule has 3 aromatic carbocycles. The number of hydroxylamine groups is 2. The van der Waals surface area contributed by atoms with Crippen molar-refractivity contribution >= 4 is 132 Å². The molecule has 0 spiro atoms. The molecule has 33 nitrogen and oxygen atoms in total. The number of pyridine rings is 6. The summed E-state index contributed by atoms with van der Waals surface area (Å²) in [6.07, 6.45) is 24.5. The van der Waals surface area contributed by atoms with Crippen LogP contribution in [0.25, 0.3) is 44.7 Å². The van der Waals surface area contributed by atoms with Crippen molar-refractivity contribution in [2.45, 2.75) is 156 Å². The lowest BCUT2D eigenvalue weighted by Gasteiger charge is -2.37. The van der Waals surface area contributed by atoms with Gasteiger partial charge in [-0.25, -0.2) is 40.9 Å². The summed E-state index contributed by atoms with van der Waals surface area (Å²) in [7, 11) is 0. The normalized spacial score (nSPS) is 15.6. The second-order valence-corrected chi connectivity index (χ2v) is 34.1. The topological polar surface area (TPSA) is 404 Å². The molecule has 0 bridgehead atoms. The molecule has 3 aliphatic heterocycles. The van der Waals surface area contributed by atoms with Gasteiger partial charge in [0.05, 0.1) is 34.9 Å². The molecule has 33 heteroatoms. The fourth-order valence-corrected chi connectivity index (χ4v) is 18.8. The molecular formula is C97H106N22O11. The Hall–Kier alpha value is -14.2. The third kappa shape index (κ3) is 19.5. The van der Waals surface area contributed by atoms with Gasteiger partial charge in [0.25, 0.3) is 28.5 Å². The maximum atomic E-state index is 13.6. The number of Topliss-reactive ketones (excluding diaryl/α,β-unsaturated/α-hetero) is 3. The molecule has 18 rings (SSSR count). The van der Waals surface area contributed by atoms with E-state index in [9.17, 15) is 38.4 Å². The average molecular weight is 1760 g/mol. The van der Waals surface area contributed by atoms with Gasteiger partial charge in [0, 0.05) is 171 Å². The van der Waals surface area contributed by atoms with E-state index in [0.29, 0.717) is 90.8 Å². The van der Waals surface area contributed by atoms with Crippen LogP contribution in [0, 0.1) is 20.8 Å². The number of aryl methyl sites for hydroxylation is 3. The van der Waals surface area contributed by atoms with Crippen LogP contribution in [-0.4, -0.2) is 174 Å². The largest absolute Gasteiger partial charge is 0.388 e. The number of benzene rings is 3. The number of aromatic nitrogens is 12. The van der Waals surface area contributed by atoms with Crippen LogP contribution in [0.4, 0.5) is 58.0 Å². The number of hydrogen-bond donors (Lipinski definition) is 8. The maximum Gasteiger partial charge on any atom is 0.274 e. The van der Waals surface area contributed by atoms with Gasteiger partial charge in [-0.1, -0.05) is 87.6 Å². The lowest BCUT2D eigenvalue weighted by Crippen LogP contribution is -2.46. The molecule has 0 unspecified atom stereocenters. The Morgan fingerprint density at radius 2 is 0.838 bits per heavy atom. The van der Waals surface area contributed by atoms with Crippen LogP contribution in [0.3, 0.4) is 0 Å². The Kier molecular flexibility index (Phi) is 27.2. The molecule has 0 radical (unpaired) electrons.